The molecule has 1 N–H and O–H groups in total. The lowest BCUT2D eigenvalue weighted by Gasteiger charge is -1.96. The lowest BCUT2D eigenvalue weighted by atomic mass is 10.1. The van der Waals surface area contributed by atoms with Crippen molar-refractivity contribution >= 4 is 17.0 Å². The van der Waals surface area contributed by atoms with Gasteiger partial charge in [-0.05, 0) is 37.1 Å². The molecular formula is C12H12N2O. The van der Waals surface area contributed by atoms with Crippen LogP contribution in [-0.2, 0) is 11.3 Å². The molecule has 0 aliphatic heterocycles. The molecule has 1 aromatic carbocycles. The molecule has 0 saturated carbocycles. The summed E-state index contributed by atoms with van der Waals surface area (Å²) in [7, 11) is 0. The van der Waals surface area contributed by atoms with Gasteiger partial charge in [0, 0.05) is 16.6 Å². The van der Waals surface area contributed by atoms with Gasteiger partial charge in [-0.25, -0.2) is 9.79 Å². The minimum absolute atomic E-state index is 0.406. The van der Waals surface area contributed by atoms with E-state index >= 15 is 0 Å². The van der Waals surface area contributed by atoms with Gasteiger partial charge in [-0.15, -0.1) is 0 Å². The van der Waals surface area contributed by atoms with Crippen molar-refractivity contribution in [3.8, 4) is 0 Å². The van der Waals surface area contributed by atoms with E-state index in [2.05, 4.69) is 29.9 Å². The van der Waals surface area contributed by atoms with Gasteiger partial charge in [-0.2, -0.15) is 0 Å². The fraction of sp³-hybridized carbons (Fsp3) is 0.250. The van der Waals surface area contributed by atoms with E-state index in [1.807, 2.05) is 12.1 Å². The maximum Gasteiger partial charge on any atom is 0.235 e. The topological polar surface area (TPSA) is 45.2 Å². The summed E-state index contributed by atoms with van der Waals surface area (Å²) >= 11 is 0. The molecule has 0 amide bonds. The van der Waals surface area contributed by atoms with E-state index in [0.29, 0.717) is 6.54 Å². The van der Waals surface area contributed by atoms with Gasteiger partial charge in [0.05, 0.1) is 6.54 Å². The quantitative estimate of drug-likeness (QED) is 0.587. The second-order valence-electron chi connectivity index (χ2n) is 3.66. The van der Waals surface area contributed by atoms with Crippen molar-refractivity contribution in [3.05, 3.63) is 35.0 Å². The number of aryl methyl sites for hydroxylation is 2. The van der Waals surface area contributed by atoms with Crippen molar-refractivity contribution in [2.24, 2.45) is 4.99 Å². The van der Waals surface area contributed by atoms with Crippen molar-refractivity contribution in [2.45, 2.75) is 20.4 Å². The van der Waals surface area contributed by atoms with Crippen LogP contribution in [0.25, 0.3) is 10.9 Å². The molecule has 0 saturated heterocycles. The Kier molecular flexibility index (Phi) is 2.40. The number of hydrogen-bond acceptors (Lipinski definition) is 2. The molecule has 3 heteroatoms. The Morgan fingerprint density at radius 3 is 2.93 bits per heavy atom. The lowest BCUT2D eigenvalue weighted by molar-refractivity contribution is 0.563. The fourth-order valence-electron chi connectivity index (χ4n) is 1.73. The predicted molar refractivity (Wildman–Crippen MR) is 59.6 cm³/mol. The van der Waals surface area contributed by atoms with Crippen LogP contribution in [0.3, 0.4) is 0 Å². The van der Waals surface area contributed by atoms with Crippen molar-refractivity contribution in [3.63, 3.8) is 0 Å². The number of aliphatic imine (C=N–C) groups is 1. The van der Waals surface area contributed by atoms with Crippen LogP contribution >= 0.6 is 0 Å². The van der Waals surface area contributed by atoms with Crippen LogP contribution in [0.5, 0.6) is 0 Å². The smallest absolute Gasteiger partial charge is 0.235 e. The summed E-state index contributed by atoms with van der Waals surface area (Å²) in [4.78, 5) is 16.9. The van der Waals surface area contributed by atoms with Gasteiger partial charge >= 0.3 is 0 Å². The van der Waals surface area contributed by atoms with E-state index in [-0.39, 0.29) is 0 Å². The number of H-pyrrole nitrogens is 1. The summed E-state index contributed by atoms with van der Waals surface area (Å²) in [6.45, 7) is 4.54. The Labute approximate surface area is 87.8 Å². The number of carbonyl (C=O) groups excluding carboxylic acids is 1. The molecule has 2 aromatic rings. The maximum atomic E-state index is 10.0. The van der Waals surface area contributed by atoms with Crippen LogP contribution in [0.2, 0.25) is 0 Å². The molecule has 0 radical (unpaired) electrons. The standard InChI is InChI=1S/C12H12N2O/c1-8-9(2)14-12-4-3-10(5-11(8)12)6-13-7-15/h3-5,14H,6H2,1-2H3. The maximum absolute atomic E-state index is 10.0. The second-order valence-corrected chi connectivity index (χ2v) is 3.66. The van der Waals surface area contributed by atoms with E-state index in [0.717, 1.165) is 11.1 Å². The zero-order valence-electron chi connectivity index (χ0n) is 8.79. The van der Waals surface area contributed by atoms with Gasteiger partial charge in [0.1, 0.15) is 0 Å². The van der Waals surface area contributed by atoms with E-state index in [4.69, 9.17) is 0 Å². The number of hydrogen-bond donors (Lipinski definition) is 1. The lowest BCUT2D eigenvalue weighted by Crippen LogP contribution is -1.80. The number of fused-ring (bicyclic) bond motifs is 1. The summed E-state index contributed by atoms with van der Waals surface area (Å²) in [6, 6.07) is 6.05. The van der Waals surface area contributed by atoms with Gasteiger partial charge in [-0.1, -0.05) is 6.07 Å². The number of nitrogens with one attached hydrogen (secondary N) is 1. The number of rotatable bonds is 2. The van der Waals surface area contributed by atoms with Crippen LogP contribution in [0.4, 0.5) is 0 Å². The van der Waals surface area contributed by atoms with Crippen LogP contribution in [0, 0.1) is 13.8 Å². The van der Waals surface area contributed by atoms with Gasteiger partial charge in [0.2, 0.25) is 6.08 Å². The van der Waals surface area contributed by atoms with Crippen LogP contribution < -0.4 is 0 Å². The van der Waals surface area contributed by atoms with Crippen LogP contribution in [0.15, 0.2) is 23.2 Å². The largest absolute Gasteiger partial charge is 0.358 e. The van der Waals surface area contributed by atoms with E-state index in [1.165, 1.54) is 16.6 Å². The SMILES string of the molecule is Cc1[nH]c2ccc(CN=C=O)cc2c1C. The molecule has 2 rings (SSSR count). The fourth-order valence-corrected chi connectivity index (χ4v) is 1.73. The van der Waals surface area contributed by atoms with Gasteiger partial charge in [0.15, 0.2) is 0 Å². The van der Waals surface area contributed by atoms with Crippen LogP contribution in [-0.4, -0.2) is 11.1 Å². The summed E-state index contributed by atoms with van der Waals surface area (Å²) in [5, 5.41) is 1.20. The highest BCUT2D eigenvalue weighted by Crippen LogP contribution is 2.22. The molecule has 0 spiro atoms. The molecule has 0 aliphatic rings. The number of benzene rings is 1. The number of aromatic nitrogens is 1. The Morgan fingerprint density at radius 1 is 1.40 bits per heavy atom. The highest BCUT2D eigenvalue weighted by atomic mass is 16.1. The summed E-state index contributed by atoms with van der Waals surface area (Å²) < 4.78 is 0. The van der Waals surface area contributed by atoms with E-state index < -0.39 is 0 Å². The van der Waals surface area contributed by atoms with Crippen molar-refractivity contribution in [1.29, 1.82) is 0 Å². The molecule has 0 unspecified atom stereocenters. The Balaban J connectivity index is 2.54. The number of nitrogens with zero attached hydrogens (tertiary/aromatic N) is 1. The van der Waals surface area contributed by atoms with E-state index in [9.17, 15) is 4.79 Å². The summed E-state index contributed by atoms with van der Waals surface area (Å²) in [6.07, 6.45) is 1.55. The molecule has 0 aliphatic carbocycles. The molecule has 1 aromatic heterocycles. The molecule has 0 atom stereocenters. The number of aromatic amines is 1. The van der Waals surface area contributed by atoms with E-state index in [1.54, 1.807) is 6.08 Å². The molecule has 1 heterocycles. The minimum atomic E-state index is 0.406. The third-order valence-electron chi connectivity index (χ3n) is 2.70. The third kappa shape index (κ3) is 1.69. The molecule has 0 bridgehead atoms. The normalized spacial score (nSPS) is 10.3. The molecular weight excluding hydrogens is 188 g/mol. The monoisotopic (exact) mass is 200 g/mol. The minimum Gasteiger partial charge on any atom is -0.358 e. The first-order chi connectivity index (χ1) is 7.22. The highest BCUT2D eigenvalue weighted by Gasteiger charge is 2.04. The molecule has 76 valence electrons. The first kappa shape index (κ1) is 9.69. The average Bonchev–Trinajstić information content (AvgIpc) is 2.52. The number of isocyanates is 1. The first-order valence-electron chi connectivity index (χ1n) is 4.84. The summed E-state index contributed by atoms with van der Waals surface area (Å²) in [5.74, 6) is 0. The van der Waals surface area contributed by atoms with Gasteiger partial charge in [0.25, 0.3) is 0 Å². The Morgan fingerprint density at radius 2 is 2.20 bits per heavy atom. The average molecular weight is 200 g/mol. The zero-order valence-corrected chi connectivity index (χ0v) is 8.79. The second kappa shape index (κ2) is 3.71. The highest BCUT2D eigenvalue weighted by molar-refractivity contribution is 5.84. The Bertz CT molecular complexity index is 548. The van der Waals surface area contributed by atoms with Gasteiger partial charge in [-0.3, -0.25) is 0 Å². The van der Waals surface area contributed by atoms with Crippen LogP contribution in [0.1, 0.15) is 16.8 Å². The van der Waals surface area contributed by atoms with Crippen molar-refractivity contribution in [2.75, 3.05) is 0 Å². The molecule has 3 nitrogen and oxygen atoms in total. The molecule has 0 fully saturated rings. The summed E-state index contributed by atoms with van der Waals surface area (Å²) in [5.41, 5.74) is 4.60. The Hall–Kier alpha value is -1.86. The molecule has 15 heavy (non-hydrogen) atoms. The van der Waals surface area contributed by atoms with Gasteiger partial charge < -0.3 is 4.98 Å². The zero-order chi connectivity index (χ0) is 10.8. The first-order valence-corrected chi connectivity index (χ1v) is 4.84. The third-order valence-corrected chi connectivity index (χ3v) is 2.70. The van der Waals surface area contributed by atoms with Crippen molar-refractivity contribution < 1.29 is 4.79 Å². The predicted octanol–water partition coefficient (Wildman–Crippen LogP) is 2.62. The van der Waals surface area contributed by atoms with Crippen molar-refractivity contribution in [1.82, 2.24) is 4.98 Å².